The van der Waals surface area contributed by atoms with Gasteiger partial charge in [0.25, 0.3) is 0 Å². The van der Waals surface area contributed by atoms with Crippen molar-refractivity contribution in [2.45, 2.75) is 20.8 Å². The number of carbonyl (C=O) groups is 1. The standard InChI is InChI=1S/C13H9ClNO.2C9H9N3.Os/c1-9-5-6-15-12(7-9)10-3-2-4-11(8-10)13(14)16;2*1-8-3-5-10-9(7-8)12-6-2-4-11-12;/h2,4-8H,1H3;2*2-7H,1H3;/q-1;;;+1. The second-order valence-electron chi connectivity index (χ2n) is 8.77. The molecule has 6 rings (SSSR count). The summed E-state index contributed by atoms with van der Waals surface area (Å²) in [6, 6.07) is 23.6. The van der Waals surface area contributed by atoms with E-state index in [1.807, 2.05) is 81.7 Å². The number of nitrogens with zero attached hydrogens (tertiary/aromatic N) is 7. The van der Waals surface area contributed by atoms with Crippen molar-refractivity contribution in [3.8, 4) is 22.9 Å². The number of halogens is 1. The monoisotopic (exact) mass is 740 g/mol. The molecule has 5 heterocycles. The van der Waals surface area contributed by atoms with Gasteiger partial charge in [-0.05, 0) is 97.2 Å². The van der Waals surface area contributed by atoms with E-state index in [1.165, 1.54) is 11.1 Å². The third-order valence-electron chi connectivity index (χ3n) is 5.50. The van der Waals surface area contributed by atoms with Gasteiger partial charge >= 0.3 is 19.8 Å². The molecule has 0 spiro atoms. The zero-order valence-corrected chi connectivity index (χ0v) is 26.0. The van der Waals surface area contributed by atoms with Gasteiger partial charge in [0.2, 0.25) is 5.24 Å². The Balaban J connectivity index is 0.000000169. The summed E-state index contributed by atoms with van der Waals surface area (Å²) in [6.45, 7) is 6.06. The van der Waals surface area contributed by atoms with Gasteiger partial charge in [-0.3, -0.25) is 4.79 Å². The van der Waals surface area contributed by atoms with Gasteiger partial charge in [-0.25, -0.2) is 19.3 Å². The molecular formula is C31H27ClN7OOs. The minimum Gasteiger partial charge on any atom is -0.305 e. The van der Waals surface area contributed by atoms with E-state index in [0.29, 0.717) is 5.56 Å². The van der Waals surface area contributed by atoms with Crippen molar-refractivity contribution in [2.75, 3.05) is 0 Å². The van der Waals surface area contributed by atoms with Crippen LogP contribution in [0.1, 0.15) is 27.0 Å². The molecule has 10 heteroatoms. The molecule has 0 amide bonds. The van der Waals surface area contributed by atoms with Crippen molar-refractivity contribution in [2.24, 2.45) is 0 Å². The van der Waals surface area contributed by atoms with Crippen molar-refractivity contribution >= 4 is 16.8 Å². The normalized spacial score (nSPS) is 9.85. The molecule has 1 aromatic carbocycles. The fourth-order valence-corrected chi connectivity index (χ4v) is 3.64. The smallest absolute Gasteiger partial charge is 0.305 e. The summed E-state index contributed by atoms with van der Waals surface area (Å²) in [5, 5.41) is 7.69. The van der Waals surface area contributed by atoms with Gasteiger partial charge in [0.15, 0.2) is 11.6 Å². The van der Waals surface area contributed by atoms with E-state index < -0.39 is 5.24 Å². The fraction of sp³-hybridized carbons (Fsp3) is 0.0968. The van der Waals surface area contributed by atoms with Crippen LogP contribution in [0.3, 0.4) is 0 Å². The van der Waals surface area contributed by atoms with Crippen LogP contribution >= 0.6 is 11.6 Å². The van der Waals surface area contributed by atoms with Crippen molar-refractivity contribution < 1.29 is 24.6 Å². The van der Waals surface area contributed by atoms with E-state index in [1.54, 1.807) is 58.5 Å². The Morgan fingerprint density at radius 1 is 0.707 bits per heavy atom. The van der Waals surface area contributed by atoms with Gasteiger partial charge in [-0.1, -0.05) is 11.6 Å². The van der Waals surface area contributed by atoms with Crippen LogP contribution in [-0.4, -0.2) is 39.8 Å². The van der Waals surface area contributed by atoms with Crippen molar-refractivity contribution in [1.82, 2.24) is 34.5 Å². The summed E-state index contributed by atoms with van der Waals surface area (Å²) in [4.78, 5) is 23.6. The van der Waals surface area contributed by atoms with Crippen molar-refractivity contribution in [1.29, 1.82) is 0 Å². The average Bonchev–Trinajstić information content (AvgIpc) is 3.69. The summed E-state index contributed by atoms with van der Waals surface area (Å²) < 4.78 is 3.49. The molecule has 0 aliphatic rings. The van der Waals surface area contributed by atoms with Gasteiger partial charge in [-0.15, -0.1) is 29.8 Å². The molecule has 0 saturated carbocycles. The van der Waals surface area contributed by atoms with Gasteiger partial charge in [0, 0.05) is 43.4 Å². The van der Waals surface area contributed by atoms with Crippen molar-refractivity contribution in [3.63, 3.8) is 0 Å². The van der Waals surface area contributed by atoms with Gasteiger partial charge in [0.1, 0.15) is 0 Å². The first kappa shape index (κ1) is 31.2. The first-order valence-corrected chi connectivity index (χ1v) is 12.8. The third kappa shape index (κ3) is 9.39. The van der Waals surface area contributed by atoms with Crippen LogP contribution in [0.4, 0.5) is 0 Å². The summed E-state index contributed by atoms with van der Waals surface area (Å²) in [5.74, 6) is 1.72. The first-order valence-electron chi connectivity index (χ1n) is 12.4. The molecule has 41 heavy (non-hydrogen) atoms. The topological polar surface area (TPSA) is 91.4 Å². The summed E-state index contributed by atoms with van der Waals surface area (Å²) in [5.41, 5.74) is 5.51. The van der Waals surface area contributed by atoms with E-state index in [2.05, 4.69) is 31.2 Å². The molecule has 0 saturated heterocycles. The number of carbonyl (C=O) groups excluding carboxylic acids is 1. The predicted molar refractivity (Wildman–Crippen MR) is 156 cm³/mol. The van der Waals surface area contributed by atoms with E-state index in [-0.39, 0.29) is 19.8 Å². The summed E-state index contributed by atoms with van der Waals surface area (Å²) in [6.07, 6.45) is 12.5. The Labute approximate surface area is 257 Å². The maximum absolute atomic E-state index is 11.0. The van der Waals surface area contributed by atoms with Crippen LogP contribution in [-0.2, 0) is 19.8 Å². The van der Waals surface area contributed by atoms with E-state index in [0.717, 1.165) is 28.5 Å². The number of aromatic nitrogens is 7. The van der Waals surface area contributed by atoms with E-state index >= 15 is 0 Å². The molecule has 0 aliphatic heterocycles. The quantitative estimate of drug-likeness (QED) is 0.154. The van der Waals surface area contributed by atoms with E-state index in [9.17, 15) is 4.79 Å². The molecule has 0 N–H and O–H groups in total. The largest absolute Gasteiger partial charge is 1.00 e. The molecule has 0 aliphatic carbocycles. The van der Waals surface area contributed by atoms with Crippen LogP contribution < -0.4 is 0 Å². The molecule has 0 fully saturated rings. The first-order chi connectivity index (χ1) is 19.4. The number of hydrogen-bond acceptors (Lipinski definition) is 6. The maximum atomic E-state index is 11.0. The molecule has 0 bridgehead atoms. The number of rotatable bonds is 4. The average molecular weight is 739 g/mol. The molecular weight excluding hydrogens is 712 g/mol. The zero-order chi connectivity index (χ0) is 28.3. The second-order valence-corrected chi connectivity index (χ2v) is 9.11. The van der Waals surface area contributed by atoms with Gasteiger partial charge in [-0.2, -0.15) is 10.2 Å². The summed E-state index contributed by atoms with van der Waals surface area (Å²) >= 11 is 5.42. The summed E-state index contributed by atoms with van der Waals surface area (Å²) in [7, 11) is 0. The van der Waals surface area contributed by atoms with Crippen LogP contribution in [0.15, 0.2) is 110 Å². The third-order valence-corrected chi connectivity index (χ3v) is 5.72. The molecule has 0 atom stereocenters. The minimum absolute atomic E-state index is 0. The number of aryl methyl sites for hydroxylation is 3. The molecule has 8 nitrogen and oxygen atoms in total. The zero-order valence-electron chi connectivity index (χ0n) is 22.7. The SMILES string of the molecule is Cc1ccnc(-c2[c-]ccc(C(=O)Cl)c2)c1.Cc1ccnc(-n2cccn2)c1.Cc1ccnc(-n2cccn2)c1.[Os+]. The Bertz CT molecular complexity index is 1600. The van der Waals surface area contributed by atoms with Gasteiger partial charge in [0.05, 0.1) is 0 Å². The predicted octanol–water partition coefficient (Wildman–Crippen LogP) is 6.39. The molecule has 1 radical (unpaired) electrons. The van der Waals surface area contributed by atoms with Gasteiger partial charge < -0.3 is 4.98 Å². The van der Waals surface area contributed by atoms with E-state index in [4.69, 9.17) is 11.6 Å². The Kier molecular flexibility index (Phi) is 11.8. The van der Waals surface area contributed by atoms with Crippen molar-refractivity contribution in [3.05, 3.63) is 138 Å². The number of pyridine rings is 3. The van der Waals surface area contributed by atoms with Crippen LogP contribution in [0.25, 0.3) is 22.9 Å². The fourth-order valence-electron chi connectivity index (χ4n) is 3.52. The molecule has 207 valence electrons. The Hall–Kier alpha value is -4.31. The maximum Gasteiger partial charge on any atom is 1.00 e. The number of benzene rings is 1. The Morgan fingerprint density at radius 3 is 1.66 bits per heavy atom. The minimum atomic E-state index is -0.470. The molecule has 6 aromatic rings. The van der Waals surface area contributed by atoms with Crippen LogP contribution in [0.5, 0.6) is 0 Å². The van der Waals surface area contributed by atoms with Crippen LogP contribution in [0.2, 0.25) is 0 Å². The molecule has 5 aromatic heterocycles. The number of hydrogen-bond donors (Lipinski definition) is 0. The Morgan fingerprint density at radius 2 is 1.22 bits per heavy atom. The molecule has 0 unspecified atom stereocenters. The van der Waals surface area contributed by atoms with Crippen LogP contribution in [0, 0.1) is 26.8 Å². The second kappa shape index (κ2) is 15.5.